The average molecular weight is 590 g/mol. The Morgan fingerprint density at radius 1 is 0.733 bits per heavy atom. The molecule has 0 aliphatic rings. The molecule has 5 aromatic carbocycles. The summed E-state index contributed by atoms with van der Waals surface area (Å²) in [7, 11) is 0. The fraction of sp³-hybridized carbons (Fsp3) is 0.190. The Bertz CT molecular complexity index is 2190. The fourth-order valence-electron chi connectivity index (χ4n) is 6.59. The molecule has 0 aliphatic carbocycles. The lowest BCUT2D eigenvalue weighted by Gasteiger charge is -2.15. The van der Waals surface area contributed by atoms with Crippen molar-refractivity contribution in [3.05, 3.63) is 132 Å². The van der Waals surface area contributed by atoms with Crippen LogP contribution in [0, 0.1) is 6.92 Å². The van der Waals surface area contributed by atoms with Gasteiger partial charge in [-0.25, -0.2) is 0 Å². The van der Waals surface area contributed by atoms with E-state index in [-0.39, 0.29) is 0 Å². The number of benzene rings is 5. The van der Waals surface area contributed by atoms with Gasteiger partial charge in [-0.1, -0.05) is 74.9 Å². The summed E-state index contributed by atoms with van der Waals surface area (Å²) in [4.78, 5) is 0. The first-order chi connectivity index (χ1) is 22.1. The van der Waals surface area contributed by atoms with E-state index in [0.717, 1.165) is 68.7 Å². The molecule has 2 aromatic heterocycles. The first kappa shape index (κ1) is 28.7. The van der Waals surface area contributed by atoms with E-state index in [4.69, 9.17) is 9.15 Å². The number of unbranched alkanes of at least 4 members (excludes halogenated alkanes) is 1. The van der Waals surface area contributed by atoms with Gasteiger partial charge in [0.15, 0.2) is 0 Å². The highest BCUT2D eigenvalue weighted by Crippen LogP contribution is 2.37. The molecule has 0 saturated carbocycles. The van der Waals surface area contributed by atoms with E-state index < -0.39 is 0 Å². The number of fused-ring (bicyclic) bond motifs is 6. The second-order valence-corrected chi connectivity index (χ2v) is 11.9. The highest BCUT2D eigenvalue weighted by molar-refractivity contribution is 6.11. The lowest BCUT2D eigenvalue weighted by Crippen LogP contribution is -2.00. The molecule has 3 nitrogen and oxygen atoms in total. The molecule has 0 amide bonds. The maximum Gasteiger partial charge on any atom is 0.135 e. The largest absolute Gasteiger partial charge is 0.457 e. The Morgan fingerprint density at radius 2 is 1.38 bits per heavy atom. The predicted octanol–water partition coefficient (Wildman–Crippen LogP) is 12.5. The van der Waals surface area contributed by atoms with Crippen LogP contribution >= 0.6 is 0 Å². The molecule has 7 aromatic rings. The van der Waals surface area contributed by atoms with E-state index in [1.54, 1.807) is 0 Å². The van der Waals surface area contributed by atoms with E-state index >= 15 is 0 Å². The van der Waals surface area contributed by atoms with Gasteiger partial charge in [-0.15, -0.1) is 0 Å². The van der Waals surface area contributed by atoms with Crippen LogP contribution in [-0.4, -0.2) is 4.57 Å². The lowest BCUT2D eigenvalue weighted by atomic mass is 10.0. The van der Waals surface area contributed by atoms with Gasteiger partial charge < -0.3 is 13.7 Å². The lowest BCUT2D eigenvalue weighted by molar-refractivity contribution is 0.428. The number of allylic oxidation sites excluding steroid dienone is 3. The predicted molar refractivity (Wildman–Crippen MR) is 191 cm³/mol. The summed E-state index contributed by atoms with van der Waals surface area (Å²) in [6.07, 6.45) is 8.59. The van der Waals surface area contributed by atoms with Gasteiger partial charge in [0.25, 0.3) is 0 Å². The van der Waals surface area contributed by atoms with Gasteiger partial charge in [-0.3, -0.25) is 0 Å². The molecule has 0 fully saturated rings. The van der Waals surface area contributed by atoms with Crippen LogP contribution in [0.4, 0.5) is 0 Å². The summed E-state index contributed by atoms with van der Waals surface area (Å²) < 4.78 is 15.2. The number of hydrogen-bond donors (Lipinski definition) is 0. The molecule has 224 valence electrons. The van der Waals surface area contributed by atoms with Crippen molar-refractivity contribution in [1.82, 2.24) is 4.57 Å². The second-order valence-electron chi connectivity index (χ2n) is 11.9. The maximum atomic E-state index is 6.53. The van der Waals surface area contributed by atoms with E-state index in [0.29, 0.717) is 0 Å². The van der Waals surface area contributed by atoms with Crippen molar-refractivity contribution >= 4 is 43.7 Å². The quantitative estimate of drug-likeness (QED) is 0.124. The summed E-state index contributed by atoms with van der Waals surface area (Å²) in [6.45, 7) is 8.64. The topological polar surface area (TPSA) is 27.3 Å². The minimum absolute atomic E-state index is 0.893. The fourth-order valence-corrected chi connectivity index (χ4v) is 6.59. The molecule has 0 saturated heterocycles. The van der Waals surface area contributed by atoms with Gasteiger partial charge in [-0.05, 0) is 116 Å². The Balaban J connectivity index is 1.28. The van der Waals surface area contributed by atoms with Crippen LogP contribution in [0.1, 0.15) is 52.0 Å². The Morgan fingerprint density at radius 3 is 2.04 bits per heavy atom. The number of nitrogens with zero attached hydrogens (tertiary/aromatic N) is 1. The van der Waals surface area contributed by atoms with Gasteiger partial charge in [0.05, 0.1) is 11.0 Å². The summed E-state index contributed by atoms with van der Waals surface area (Å²) >= 11 is 0. The molecular formula is C42H39NO2. The Labute approximate surface area is 265 Å². The van der Waals surface area contributed by atoms with Gasteiger partial charge in [0, 0.05) is 27.2 Å². The van der Waals surface area contributed by atoms with Crippen molar-refractivity contribution in [2.75, 3.05) is 0 Å². The summed E-state index contributed by atoms with van der Waals surface area (Å²) in [6, 6.07) is 36.8. The number of aromatic nitrogens is 1. The van der Waals surface area contributed by atoms with Crippen molar-refractivity contribution in [1.29, 1.82) is 0 Å². The Hall–Kier alpha value is -5.02. The minimum atomic E-state index is 0.893. The molecule has 7 rings (SSSR count). The SMILES string of the molecule is C/C=C\C(Oc1ccc(-c2ccc3oc4ccc(-n5c6ccccc6c6ccccc65)cc4c3c2)cc1C)=C(CC)CCCC. The molecule has 0 unspecified atom stereocenters. The standard InChI is InChI=1S/C42H39NO2/c1-5-8-14-29(7-3)40(13-6-2)44-39-22-19-30(25-28(39)4)31-20-23-41-35(26-31)36-27-32(21-24-42(36)45-41)43-37-17-11-9-15-33(37)34-16-10-12-18-38(34)43/h6,9-13,15-27H,5,7-8,14H2,1-4H3/b13-6-,40-29?. The smallest absolute Gasteiger partial charge is 0.135 e. The molecular weight excluding hydrogens is 550 g/mol. The van der Waals surface area contributed by atoms with E-state index in [9.17, 15) is 0 Å². The number of rotatable bonds is 9. The van der Waals surface area contributed by atoms with E-state index in [2.05, 4.69) is 141 Å². The number of para-hydroxylation sites is 2. The third-order valence-electron chi connectivity index (χ3n) is 8.94. The van der Waals surface area contributed by atoms with E-state index in [1.807, 2.05) is 6.92 Å². The summed E-state index contributed by atoms with van der Waals surface area (Å²) in [5, 5.41) is 4.75. The molecule has 0 bridgehead atoms. The normalized spacial score (nSPS) is 12.6. The van der Waals surface area contributed by atoms with Crippen molar-refractivity contribution in [3.8, 4) is 22.6 Å². The zero-order valence-corrected chi connectivity index (χ0v) is 26.6. The van der Waals surface area contributed by atoms with Crippen LogP contribution in [0.15, 0.2) is 131 Å². The van der Waals surface area contributed by atoms with Crippen LogP contribution in [0.3, 0.4) is 0 Å². The molecule has 0 N–H and O–H groups in total. The highest BCUT2D eigenvalue weighted by atomic mass is 16.5. The van der Waals surface area contributed by atoms with Crippen molar-refractivity contribution in [2.24, 2.45) is 0 Å². The average Bonchev–Trinajstić information content (AvgIpc) is 3.61. The van der Waals surface area contributed by atoms with Gasteiger partial charge in [0.2, 0.25) is 0 Å². The number of ether oxygens (including phenoxy) is 1. The van der Waals surface area contributed by atoms with Crippen LogP contribution < -0.4 is 4.74 Å². The minimum Gasteiger partial charge on any atom is -0.457 e. The van der Waals surface area contributed by atoms with Crippen LogP contribution in [0.2, 0.25) is 0 Å². The second kappa shape index (κ2) is 12.2. The van der Waals surface area contributed by atoms with Crippen LogP contribution in [0.5, 0.6) is 5.75 Å². The van der Waals surface area contributed by atoms with Crippen molar-refractivity contribution < 1.29 is 9.15 Å². The summed E-state index contributed by atoms with van der Waals surface area (Å²) in [5.41, 5.74) is 10.1. The molecule has 2 heterocycles. The Kier molecular flexibility index (Phi) is 7.77. The molecule has 0 atom stereocenters. The third-order valence-corrected chi connectivity index (χ3v) is 8.94. The maximum absolute atomic E-state index is 6.53. The van der Waals surface area contributed by atoms with Crippen LogP contribution in [0.25, 0.3) is 60.6 Å². The van der Waals surface area contributed by atoms with Crippen molar-refractivity contribution in [2.45, 2.75) is 53.4 Å². The van der Waals surface area contributed by atoms with Crippen LogP contribution in [-0.2, 0) is 0 Å². The number of aryl methyl sites for hydroxylation is 1. The van der Waals surface area contributed by atoms with Gasteiger partial charge >= 0.3 is 0 Å². The molecule has 0 aliphatic heterocycles. The molecule has 3 heteroatoms. The first-order valence-electron chi connectivity index (χ1n) is 16.2. The molecule has 0 radical (unpaired) electrons. The zero-order valence-electron chi connectivity index (χ0n) is 26.6. The monoisotopic (exact) mass is 589 g/mol. The zero-order chi connectivity index (χ0) is 30.9. The summed E-state index contributed by atoms with van der Waals surface area (Å²) in [5.74, 6) is 1.88. The number of hydrogen-bond acceptors (Lipinski definition) is 2. The van der Waals surface area contributed by atoms with Crippen molar-refractivity contribution in [3.63, 3.8) is 0 Å². The first-order valence-corrected chi connectivity index (χ1v) is 16.2. The van der Waals surface area contributed by atoms with E-state index in [1.165, 1.54) is 40.2 Å². The highest BCUT2D eigenvalue weighted by Gasteiger charge is 2.15. The molecule has 0 spiro atoms. The molecule has 45 heavy (non-hydrogen) atoms. The third kappa shape index (κ3) is 5.23. The number of furan rings is 1. The van der Waals surface area contributed by atoms with Gasteiger partial charge in [-0.2, -0.15) is 0 Å². The van der Waals surface area contributed by atoms with Gasteiger partial charge in [0.1, 0.15) is 22.7 Å².